The van der Waals surface area contributed by atoms with Crippen LogP contribution >= 0.6 is 23.2 Å². The molecule has 112 valence electrons. The van der Waals surface area contributed by atoms with Gasteiger partial charge < -0.3 is 9.80 Å². The van der Waals surface area contributed by atoms with Crippen LogP contribution in [0, 0.1) is 0 Å². The lowest BCUT2D eigenvalue weighted by Gasteiger charge is -2.23. The van der Waals surface area contributed by atoms with Gasteiger partial charge in [0.1, 0.15) is 0 Å². The van der Waals surface area contributed by atoms with Gasteiger partial charge in [0.2, 0.25) is 0 Å². The summed E-state index contributed by atoms with van der Waals surface area (Å²) in [5.74, 6) is 0. The fourth-order valence-electron chi connectivity index (χ4n) is 2.84. The van der Waals surface area contributed by atoms with Crippen molar-refractivity contribution < 1.29 is 0 Å². The predicted octanol–water partition coefficient (Wildman–Crippen LogP) is 3.95. The Labute approximate surface area is 132 Å². The molecule has 0 amide bonds. The molecule has 20 heavy (non-hydrogen) atoms. The summed E-state index contributed by atoms with van der Waals surface area (Å²) in [6.07, 6.45) is 5.01. The minimum Gasteiger partial charge on any atom is -0.306 e. The van der Waals surface area contributed by atoms with Crippen molar-refractivity contribution in [3.05, 3.63) is 33.8 Å². The van der Waals surface area contributed by atoms with E-state index in [4.69, 9.17) is 23.2 Å². The molecule has 1 fully saturated rings. The number of likely N-dealkylation sites (tertiary alicyclic amines) is 1. The lowest BCUT2D eigenvalue weighted by molar-refractivity contribution is 0.250. The van der Waals surface area contributed by atoms with Crippen molar-refractivity contribution in [1.29, 1.82) is 0 Å². The van der Waals surface area contributed by atoms with Gasteiger partial charge in [0, 0.05) is 12.6 Å². The molecule has 2 rings (SSSR count). The van der Waals surface area contributed by atoms with Crippen molar-refractivity contribution in [2.75, 3.05) is 33.7 Å². The first-order chi connectivity index (χ1) is 9.56. The van der Waals surface area contributed by atoms with Gasteiger partial charge in [-0.1, -0.05) is 29.3 Å². The van der Waals surface area contributed by atoms with Crippen molar-refractivity contribution in [3.8, 4) is 0 Å². The zero-order valence-corrected chi connectivity index (χ0v) is 13.9. The second-order valence-corrected chi connectivity index (χ2v) is 6.68. The maximum absolute atomic E-state index is 6.04. The molecule has 0 aliphatic carbocycles. The summed E-state index contributed by atoms with van der Waals surface area (Å²) in [5.41, 5.74) is 1.25. The van der Waals surface area contributed by atoms with E-state index in [0.29, 0.717) is 10.0 Å². The topological polar surface area (TPSA) is 6.48 Å². The minimum atomic E-state index is 0.632. The predicted molar refractivity (Wildman–Crippen MR) is 87.9 cm³/mol. The lowest BCUT2D eigenvalue weighted by Crippen LogP contribution is -2.31. The summed E-state index contributed by atoms with van der Waals surface area (Å²) in [6.45, 7) is 3.49. The molecule has 0 N–H and O–H groups in total. The van der Waals surface area contributed by atoms with Gasteiger partial charge in [0.15, 0.2) is 0 Å². The third-order valence-corrected chi connectivity index (χ3v) is 5.02. The molecule has 4 heteroatoms. The SMILES string of the molecule is CN(CCc1ccc(Cl)c(Cl)c1)CCC1CCCN1C. The van der Waals surface area contributed by atoms with Gasteiger partial charge >= 0.3 is 0 Å². The number of halogens is 2. The number of likely N-dealkylation sites (N-methyl/N-ethyl adjacent to an activating group) is 1. The van der Waals surface area contributed by atoms with Gasteiger partial charge in [0.25, 0.3) is 0 Å². The Morgan fingerprint density at radius 2 is 2.05 bits per heavy atom. The van der Waals surface area contributed by atoms with Crippen LogP contribution in [0.5, 0.6) is 0 Å². The molecule has 0 saturated carbocycles. The van der Waals surface area contributed by atoms with Crippen LogP contribution in [-0.4, -0.2) is 49.6 Å². The molecule has 1 aliphatic heterocycles. The maximum Gasteiger partial charge on any atom is 0.0595 e. The van der Waals surface area contributed by atoms with E-state index in [1.54, 1.807) is 0 Å². The third kappa shape index (κ3) is 4.63. The van der Waals surface area contributed by atoms with Crippen molar-refractivity contribution >= 4 is 23.2 Å². The molecule has 1 aliphatic rings. The Kier molecular flexibility index (Phi) is 6.16. The maximum atomic E-state index is 6.04. The molecular weight excluding hydrogens is 291 g/mol. The van der Waals surface area contributed by atoms with Gasteiger partial charge in [-0.05, 0) is 70.6 Å². The van der Waals surface area contributed by atoms with Gasteiger partial charge in [-0.25, -0.2) is 0 Å². The van der Waals surface area contributed by atoms with Gasteiger partial charge in [0.05, 0.1) is 10.0 Å². The van der Waals surface area contributed by atoms with E-state index in [1.165, 1.54) is 31.4 Å². The van der Waals surface area contributed by atoms with E-state index in [-0.39, 0.29) is 0 Å². The smallest absolute Gasteiger partial charge is 0.0595 e. The standard InChI is InChI=1S/C16H24Cl2N2/c1-19(11-8-14-4-3-9-20(14)2)10-7-13-5-6-15(17)16(18)12-13/h5-6,12,14H,3-4,7-11H2,1-2H3. The highest BCUT2D eigenvalue weighted by molar-refractivity contribution is 6.42. The first-order valence-electron chi connectivity index (χ1n) is 7.39. The molecule has 1 heterocycles. The van der Waals surface area contributed by atoms with E-state index in [2.05, 4.69) is 30.0 Å². The average Bonchev–Trinajstić information content (AvgIpc) is 2.83. The van der Waals surface area contributed by atoms with Crippen LogP contribution in [0.2, 0.25) is 10.0 Å². The highest BCUT2D eigenvalue weighted by Crippen LogP contribution is 2.23. The molecule has 1 aromatic carbocycles. The van der Waals surface area contributed by atoms with Gasteiger partial charge in [-0.2, -0.15) is 0 Å². The van der Waals surface area contributed by atoms with Crippen molar-refractivity contribution in [2.45, 2.75) is 31.7 Å². The number of nitrogens with zero attached hydrogens (tertiary/aromatic N) is 2. The summed E-state index contributed by atoms with van der Waals surface area (Å²) < 4.78 is 0. The molecule has 0 bridgehead atoms. The van der Waals surface area contributed by atoms with Crippen molar-refractivity contribution in [1.82, 2.24) is 9.80 Å². The third-order valence-electron chi connectivity index (χ3n) is 4.28. The van der Waals surface area contributed by atoms with Crippen LogP contribution < -0.4 is 0 Å². The molecular formula is C16H24Cl2N2. The summed E-state index contributed by atoms with van der Waals surface area (Å²) >= 11 is 12.0. The Morgan fingerprint density at radius 1 is 1.25 bits per heavy atom. The van der Waals surface area contributed by atoms with Crippen LogP contribution in [0.15, 0.2) is 18.2 Å². The number of rotatable bonds is 6. The molecule has 0 aromatic heterocycles. The first kappa shape index (κ1) is 16.1. The molecule has 1 saturated heterocycles. The molecule has 1 unspecified atom stereocenters. The molecule has 0 radical (unpaired) electrons. The fourth-order valence-corrected chi connectivity index (χ4v) is 3.16. The second-order valence-electron chi connectivity index (χ2n) is 5.87. The summed E-state index contributed by atoms with van der Waals surface area (Å²) in [4.78, 5) is 4.90. The van der Waals surface area contributed by atoms with Crippen molar-refractivity contribution in [2.24, 2.45) is 0 Å². The van der Waals surface area contributed by atoms with Crippen LogP contribution in [0.25, 0.3) is 0 Å². The summed E-state index contributed by atoms with van der Waals surface area (Å²) in [7, 11) is 4.44. The quantitative estimate of drug-likeness (QED) is 0.784. The average molecular weight is 315 g/mol. The minimum absolute atomic E-state index is 0.632. The van der Waals surface area contributed by atoms with Crippen LogP contribution in [0.4, 0.5) is 0 Å². The van der Waals surface area contributed by atoms with Crippen LogP contribution in [0.3, 0.4) is 0 Å². The molecule has 2 nitrogen and oxygen atoms in total. The zero-order valence-electron chi connectivity index (χ0n) is 12.4. The summed E-state index contributed by atoms with van der Waals surface area (Å²) in [5, 5.41) is 1.28. The fraction of sp³-hybridized carbons (Fsp3) is 0.625. The molecule has 0 spiro atoms. The Morgan fingerprint density at radius 3 is 2.70 bits per heavy atom. The van der Waals surface area contributed by atoms with Gasteiger partial charge in [-0.15, -0.1) is 0 Å². The van der Waals surface area contributed by atoms with Crippen LogP contribution in [0.1, 0.15) is 24.8 Å². The Hall–Kier alpha value is -0.280. The summed E-state index contributed by atoms with van der Waals surface area (Å²) in [6, 6.07) is 6.70. The molecule has 1 aromatic rings. The highest BCUT2D eigenvalue weighted by Gasteiger charge is 2.20. The van der Waals surface area contributed by atoms with E-state index in [1.807, 2.05) is 12.1 Å². The van der Waals surface area contributed by atoms with Crippen molar-refractivity contribution in [3.63, 3.8) is 0 Å². The Balaban J connectivity index is 1.71. The zero-order chi connectivity index (χ0) is 14.5. The van der Waals surface area contributed by atoms with E-state index < -0.39 is 0 Å². The monoisotopic (exact) mass is 314 g/mol. The van der Waals surface area contributed by atoms with Crippen LogP contribution in [-0.2, 0) is 6.42 Å². The first-order valence-corrected chi connectivity index (χ1v) is 8.14. The van der Waals surface area contributed by atoms with E-state index >= 15 is 0 Å². The number of hydrogen-bond acceptors (Lipinski definition) is 2. The Bertz CT molecular complexity index is 436. The van der Waals surface area contributed by atoms with Gasteiger partial charge in [-0.3, -0.25) is 0 Å². The number of benzene rings is 1. The van der Waals surface area contributed by atoms with E-state index in [9.17, 15) is 0 Å². The normalized spacial score (nSPS) is 19.9. The largest absolute Gasteiger partial charge is 0.306 e. The lowest BCUT2D eigenvalue weighted by atomic mass is 10.1. The highest BCUT2D eigenvalue weighted by atomic mass is 35.5. The molecule has 1 atom stereocenters. The number of hydrogen-bond donors (Lipinski definition) is 0. The second kappa shape index (κ2) is 7.65. The van der Waals surface area contributed by atoms with E-state index in [0.717, 1.165) is 25.6 Å².